The van der Waals surface area contributed by atoms with Crippen LogP contribution in [0.2, 0.25) is 0 Å². The van der Waals surface area contributed by atoms with E-state index in [2.05, 4.69) is 4.90 Å². The van der Waals surface area contributed by atoms with Crippen molar-refractivity contribution in [1.29, 1.82) is 0 Å². The van der Waals surface area contributed by atoms with Gasteiger partial charge in [-0.25, -0.2) is 13.4 Å². The highest BCUT2D eigenvalue weighted by molar-refractivity contribution is 8.26. The Kier molecular flexibility index (Phi) is 6.28. The van der Waals surface area contributed by atoms with Crippen molar-refractivity contribution in [2.75, 3.05) is 23.5 Å². The first-order valence-corrected chi connectivity index (χ1v) is 14.5. The zero-order chi connectivity index (χ0) is 24.0. The first kappa shape index (κ1) is 23.5. The van der Waals surface area contributed by atoms with Crippen LogP contribution in [-0.4, -0.2) is 63.6 Å². The van der Waals surface area contributed by atoms with E-state index in [0.29, 0.717) is 32.7 Å². The molecule has 34 heavy (non-hydrogen) atoms. The summed E-state index contributed by atoms with van der Waals surface area (Å²) in [7, 11) is -1.21. The van der Waals surface area contributed by atoms with E-state index in [0.717, 1.165) is 37.4 Å². The number of hydrogen-bond donors (Lipinski definition) is 0. The van der Waals surface area contributed by atoms with Gasteiger partial charge in [-0.1, -0.05) is 49.3 Å². The number of rotatable bonds is 4. The Hall–Kier alpha value is -2.24. The normalized spacial score (nSPS) is 24.4. The van der Waals surface area contributed by atoms with Crippen LogP contribution in [0, 0.1) is 0 Å². The fourth-order valence-corrected chi connectivity index (χ4v) is 8.11. The van der Waals surface area contributed by atoms with E-state index >= 15 is 0 Å². The molecular weight excluding hydrogens is 492 g/mol. The summed E-state index contributed by atoms with van der Waals surface area (Å²) in [5.74, 6) is 0.181. The van der Waals surface area contributed by atoms with Crippen molar-refractivity contribution in [1.82, 2.24) is 14.3 Å². The van der Waals surface area contributed by atoms with Crippen LogP contribution in [0.3, 0.4) is 0 Å². The highest BCUT2D eigenvalue weighted by Gasteiger charge is 2.42. The third-order valence-electron chi connectivity index (χ3n) is 6.88. The molecule has 1 aliphatic carbocycles. The number of thioether (sulfide) groups is 1. The van der Waals surface area contributed by atoms with E-state index in [1.165, 1.54) is 15.7 Å². The van der Waals surface area contributed by atoms with E-state index in [4.69, 9.17) is 17.2 Å². The summed E-state index contributed by atoms with van der Waals surface area (Å²) in [5.41, 5.74) is 0.638. The second kappa shape index (κ2) is 9.09. The Morgan fingerprint density at radius 2 is 1.94 bits per heavy atom. The maximum atomic E-state index is 13.5. The van der Waals surface area contributed by atoms with Gasteiger partial charge in [-0.15, -0.1) is 0 Å². The number of aromatic nitrogens is 2. The average Bonchev–Trinajstić information content (AvgIpc) is 3.32. The number of carbonyl (C=O) groups excluding carboxylic acids is 1. The summed E-state index contributed by atoms with van der Waals surface area (Å²) in [6.45, 7) is 0. The number of fused-ring (bicyclic) bond motifs is 1. The minimum atomic E-state index is -3.17. The molecule has 0 bridgehead atoms. The number of nitrogens with zero attached hydrogens (tertiary/aromatic N) is 4. The minimum Gasteiger partial charge on any atom is -0.356 e. The zero-order valence-electron chi connectivity index (χ0n) is 18.8. The standard InChI is InChI=1S/C23H26N4O4S3/c1-25(15-7-3-2-4-8-15)20-17(21(28)26-11-6-5-9-19(26)24-20)13-18-22(29)27(23(32)33-18)16-10-12-34(30,31)14-16/h5-6,9,11,13,15-16H,2-4,7-8,10,12,14H2,1H3/b18-13-/t16-/m0/s1. The van der Waals surface area contributed by atoms with E-state index in [1.807, 2.05) is 13.1 Å². The molecule has 5 rings (SSSR count). The van der Waals surface area contributed by atoms with Crippen LogP contribution in [0.4, 0.5) is 5.82 Å². The molecule has 0 N–H and O–H groups in total. The summed E-state index contributed by atoms with van der Waals surface area (Å²) in [5, 5.41) is 0. The summed E-state index contributed by atoms with van der Waals surface area (Å²) < 4.78 is 25.7. The molecule has 1 saturated carbocycles. The smallest absolute Gasteiger partial charge is 0.267 e. The first-order chi connectivity index (χ1) is 16.2. The summed E-state index contributed by atoms with van der Waals surface area (Å²) in [4.78, 5) is 35.4. The number of carbonyl (C=O) groups is 1. The van der Waals surface area contributed by atoms with Gasteiger partial charge >= 0.3 is 0 Å². The van der Waals surface area contributed by atoms with E-state index in [1.54, 1.807) is 24.4 Å². The Morgan fingerprint density at radius 3 is 2.65 bits per heavy atom. The van der Waals surface area contributed by atoms with Crippen molar-refractivity contribution in [3.63, 3.8) is 0 Å². The molecule has 0 aromatic carbocycles. The van der Waals surface area contributed by atoms with Crippen LogP contribution in [0.5, 0.6) is 0 Å². The molecule has 2 aromatic heterocycles. The monoisotopic (exact) mass is 518 g/mol. The highest BCUT2D eigenvalue weighted by Crippen LogP contribution is 2.37. The van der Waals surface area contributed by atoms with Crippen molar-refractivity contribution in [2.24, 2.45) is 0 Å². The first-order valence-electron chi connectivity index (χ1n) is 11.5. The lowest BCUT2D eigenvalue weighted by molar-refractivity contribution is -0.123. The molecule has 2 aromatic rings. The SMILES string of the molecule is CN(c1nc2ccccn2c(=O)c1/C=C1\SC(=S)N([C@H]2CCS(=O)(=O)C2)C1=O)C1CCCCC1. The second-order valence-electron chi connectivity index (χ2n) is 9.09. The van der Waals surface area contributed by atoms with Crippen molar-refractivity contribution in [2.45, 2.75) is 50.6 Å². The van der Waals surface area contributed by atoms with Gasteiger partial charge in [0.25, 0.3) is 11.5 Å². The lowest BCUT2D eigenvalue weighted by Crippen LogP contribution is -2.39. The maximum absolute atomic E-state index is 13.5. The van der Waals surface area contributed by atoms with E-state index < -0.39 is 15.9 Å². The van der Waals surface area contributed by atoms with Crippen LogP contribution in [-0.2, 0) is 14.6 Å². The van der Waals surface area contributed by atoms with Crippen LogP contribution in [0.15, 0.2) is 34.1 Å². The van der Waals surface area contributed by atoms with E-state index in [-0.39, 0.29) is 29.0 Å². The quantitative estimate of drug-likeness (QED) is 0.451. The Morgan fingerprint density at radius 1 is 1.18 bits per heavy atom. The van der Waals surface area contributed by atoms with Gasteiger partial charge in [0.05, 0.1) is 28.0 Å². The summed E-state index contributed by atoms with van der Waals surface area (Å²) in [6.07, 6.45) is 9.18. The fourth-order valence-electron chi connectivity index (χ4n) is 5.03. The summed E-state index contributed by atoms with van der Waals surface area (Å²) in [6, 6.07) is 5.22. The van der Waals surface area contributed by atoms with Gasteiger partial charge in [-0.3, -0.25) is 18.9 Å². The van der Waals surface area contributed by atoms with Crippen molar-refractivity contribution in [3.8, 4) is 0 Å². The average molecular weight is 519 g/mol. The molecule has 0 unspecified atom stereocenters. The third kappa shape index (κ3) is 4.29. The van der Waals surface area contributed by atoms with Gasteiger partial charge in [0.15, 0.2) is 9.84 Å². The number of pyridine rings is 1. The predicted molar refractivity (Wildman–Crippen MR) is 139 cm³/mol. The molecule has 180 valence electrons. The molecule has 3 fully saturated rings. The molecule has 2 aliphatic heterocycles. The van der Waals surface area contributed by atoms with Crippen LogP contribution >= 0.6 is 24.0 Å². The Bertz CT molecular complexity index is 1360. The maximum Gasteiger partial charge on any atom is 0.267 e. The lowest BCUT2D eigenvalue weighted by Gasteiger charge is -2.33. The second-order valence-corrected chi connectivity index (χ2v) is 13.0. The molecule has 1 amide bonds. The van der Waals surface area contributed by atoms with Gasteiger partial charge in [0, 0.05) is 19.3 Å². The molecule has 0 spiro atoms. The zero-order valence-corrected chi connectivity index (χ0v) is 21.3. The fraction of sp³-hybridized carbons (Fsp3) is 0.478. The Labute approximate surface area is 207 Å². The van der Waals surface area contributed by atoms with Crippen molar-refractivity contribution >= 4 is 61.6 Å². The summed E-state index contributed by atoms with van der Waals surface area (Å²) >= 11 is 6.56. The van der Waals surface area contributed by atoms with Gasteiger partial charge in [-0.05, 0) is 37.5 Å². The molecule has 0 radical (unpaired) electrons. The lowest BCUT2D eigenvalue weighted by atomic mass is 9.94. The van der Waals surface area contributed by atoms with Crippen LogP contribution in [0.1, 0.15) is 44.1 Å². The number of anilines is 1. The number of amides is 1. The third-order valence-corrected chi connectivity index (χ3v) is 9.96. The van der Waals surface area contributed by atoms with Gasteiger partial charge in [-0.2, -0.15) is 0 Å². The Balaban J connectivity index is 1.57. The molecule has 11 heteroatoms. The minimum absolute atomic E-state index is 0.0556. The van der Waals surface area contributed by atoms with Crippen LogP contribution in [0.25, 0.3) is 11.7 Å². The molecule has 2 saturated heterocycles. The molecule has 3 aliphatic rings. The molecule has 1 atom stereocenters. The van der Waals surface area contributed by atoms with Crippen molar-refractivity contribution < 1.29 is 13.2 Å². The number of sulfone groups is 1. The van der Waals surface area contributed by atoms with Gasteiger partial charge < -0.3 is 4.90 Å². The number of hydrogen-bond acceptors (Lipinski definition) is 8. The molecular formula is C23H26N4O4S3. The topological polar surface area (TPSA) is 92.1 Å². The van der Waals surface area contributed by atoms with Gasteiger partial charge in [0.1, 0.15) is 15.8 Å². The highest BCUT2D eigenvalue weighted by atomic mass is 32.2. The predicted octanol–water partition coefficient (Wildman–Crippen LogP) is 2.85. The van der Waals surface area contributed by atoms with Crippen molar-refractivity contribution in [3.05, 3.63) is 45.2 Å². The molecule has 4 heterocycles. The van der Waals surface area contributed by atoms with E-state index in [9.17, 15) is 18.0 Å². The number of thiocarbonyl (C=S) groups is 1. The van der Waals surface area contributed by atoms with Crippen LogP contribution < -0.4 is 10.5 Å². The van der Waals surface area contributed by atoms with Gasteiger partial charge in [0.2, 0.25) is 0 Å². The largest absolute Gasteiger partial charge is 0.356 e. The molecule has 8 nitrogen and oxygen atoms in total.